The number of H-pyrrole nitrogens is 1. The van der Waals surface area contributed by atoms with Crippen molar-refractivity contribution in [1.29, 1.82) is 0 Å². The van der Waals surface area contributed by atoms with Gasteiger partial charge in [-0.2, -0.15) is 0 Å². The van der Waals surface area contributed by atoms with Gasteiger partial charge in [-0.15, -0.1) is 0 Å². The Morgan fingerprint density at radius 2 is 2.05 bits per heavy atom. The predicted octanol–water partition coefficient (Wildman–Crippen LogP) is 5.96. The number of hydrogen-bond acceptors (Lipinski definition) is 1. The Kier molecular flexibility index (Phi) is 4.92. The van der Waals surface area contributed by atoms with E-state index in [2.05, 4.69) is 30.3 Å². The van der Waals surface area contributed by atoms with E-state index in [1.165, 1.54) is 25.7 Å². The van der Waals surface area contributed by atoms with E-state index in [0.29, 0.717) is 0 Å². The van der Waals surface area contributed by atoms with E-state index >= 15 is 0 Å². The molecule has 1 aromatic heterocycles. The Bertz CT molecular complexity index is 639. The number of unbranched alkanes of at least 4 members (excludes halogenated alkanes) is 2. The van der Waals surface area contributed by atoms with Gasteiger partial charge in [-0.25, -0.2) is 0 Å². The first kappa shape index (κ1) is 15.6. The Morgan fingerprint density at radius 3 is 2.75 bits per heavy atom. The van der Waals surface area contributed by atoms with Crippen LogP contribution in [0.3, 0.4) is 0 Å². The van der Waals surface area contributed by atoms with E-state index in [0.717, 1.165) is 27.4 Å². The molecule has 2 nitrogen and oxygen atoms in total. The molecule has 20 heavy (non-hydrogen) atoms. The van der Waals surface area contributed by atoms with E-state index in [4.69, 9.17) is 23.8 Å². The van der Waals surface area contributed by atoms with Gasteiger partial charge in [0.05, 0.1) is 16.1 Å². The van der Waals surface area contributed by atoms with Crippen LogP contribution in [0.15, 0.2) is 18.2 Å². The van der Waals surface area contributed by atoms with E-state index in [-0.39, 0.29) is 5.41 Å². The minimum atomic E-state index is 0.224. The van der Waals surface area contributed by atoms with E-state index in [1.54, 1.807) is 0 Å². The average Bonchev–Trinajstić information content (AvgIpc) is 2.67. The second kappa shape index (κ2) is 6.31. The van der Waals surface area contributed by atoms with Crippen LogP contribution >= 0.6 is 23.8 Å². The highest BCUT2D eigenvalue weighted by atomic mass is 35.5. The van der Waals surface area contributed by atoms with Crippen molar-refractivity contribution in [2.24, 2.45) is 5.41 Å². The molecule has 0 aliphatic carbocycles. The fraction of sp³-hybridized carbons (Fsp3) is 0.562. The largest absolute Gasteiger partial charge is 0.331 e. The van der Waals surface area contributed by atoms with Crippen LogP contribution in [0.2, 0.25) is 5.02 Å². The van der Waals surface area contributed by atoms with Gasteiger partial charge in [0.25, 0.3) is 0 Å². The maximum atomic E-state index is 6.34. The summed E-state index contributed by atoms with van der Waals surface area (Å²) in [6.07, 6.45) is 5.03. The van der Waals surface area contributed by atoms with Crippen LogP contribution in [-0.4, -0.2) is 9.55 Å². The maximum Gasteiger partial charge on any atom is 0.178 e. The summed E-state index contributed by atoms with van der Waals surface area (Å²) >= 11 is 11.8. The molecule has 0 spiro atoms. The lowest BCUT2D eigenvalue weighted by atomic mass is 9.87. The zero-order valence-electron chi connectivity index (χ0n) is 12.5. The second-order valence-electron chi connectivity index (χ2n) is 6.27. The van der Waals surface area contributed by atoms with Crippen LogP contribution in [0.4, 0.5) is 0 Å². The molecule has 0 amide bonds. The van der Waals surface area contributed by atoms with Crippen LogP contribution in [-0.2, 0) is 6.54 Å². The molecular weight excluding hydrogens is 288 g/mol. The normalized spacial score (nSPS) is 12.2. The molecule has 4 heteroatoms. The van der Waals surface area contributed by atoms with E-state index in [9.17, 15) is 0 Å². The van der Waals surface area contributed by atoms with Crippen LogP contribution in [0.5, 0.6) is 0 Å². The molecule has 0 radical (unpaired) electrons. The number of halogens is 1. The molecule has 1 N–H and O–H groups in total. The number of benzene rings is 1. The van der Waals surface area contributed by atoms with Crippen LogP contribution in [0, 0.1) is 10.2 Å². The van der Waals surface area contributed by atoms with Gasteiger partial charge in [-0.3, -0.25) is 0 Å². The van der Waals surface area contributed by atoms with Gasteiger partial charge in [0.15, 0.2) is 4.77 Å². The lowest BCUT2D eigenvalue weighted by Crippen LogP contribution is -2.19. The molecule has 1 aromatic carbocycles. The minimum Gasteiger partial charge on any atom is -0.331 e. The molecule has 0 aliphatic rings. The molecule has 110 valence electrons. The number of rotatable bonds is 6. The summed E-state index contributed by atoms with van der Waals surface area (Å²) in [5.74, 6) is 0. The molecule has 2 aromatic rings. The van der Waals surface area contributed by atoms with Crippen molar-refractivity contribution in [1.82, 2.24) is 9.55 Å². The second-order valence-corrected chi connectivity index (χ2v) is 7.07. The minimum absolute atomic E-state index is 0.224. The molecule has 2 rings (SSSR count). The van der Waals surface area contributed by atoms with E-state index < -0.39 is 0 Å². The zero-order valence-corrected chi connectivity index (χ0v) is 14.1. The van der Waals surface area contributed by atoms with Crippen molar-refractivity contribution in [2.45, 2.75) is 53.0 Å². The number of aromatic nitrogens is 2. The smallest absolute Gasteiger partial charge is 0.178 e. The van der Waals surface area contributed by atoms with Gasteiger partial charge in [0.1, 0.15) is 0 Å². The molecule has 1 heterocycles. The number of fused-ring (bicyclic) bond motifs is 1. The average molecular weight is 311 g/mol. The van der Waals surface area contributed by atoms with Crippen molar-refractivity contribution in [3.05, 3.63) is 28.0 Å². The lowest BCUT2D eigenvalue weighted by Gasteiger charge is -2.25. The Morgan fingerprint density at radius 1 is 1.30 bits per heavy atom. The standard InChI is InChI=1S/C16H23ClN2S/c1-4-5-6-10-16(2,3)11-19-14-12(17)8-7-9-13(14)18-15(19)20/h7-9H,4-6,10-11H2,1-3H3,(H,18,20). The third kappa shape index (κ3) is 3.44. The molecule has 0 fully saturated rings. The van der Waals surface area contributed by atoms with Crippen LogP contribution < -0.4 is 0 Å². The van der Waals surface area contributed by atoms with E-state index in [1.807, 2.05) is 18.2 Å². The Labute approximate surface area is 131 Å². The molecular formula is C16H23ClN2S. The Balaban J connectivity index is 2.29. The highest BCUT2D eigenvalue weighted by molar-refractivity contribution is 7.71. The van der Waals surface area contributed by atoms with Gasteiger partial charge in [-0.05, 0) is 36.2 Å². The fourth-order valence-electron chi connectivity index (χ4n) is 2.69. The number of imidazole rings is 1. The Hall–Kier alpha value is -0.800. The van der Waals surface area contributed by atoms with Crippen LogP contribution in [0.1, 0.15) is 46.5 Å². The van der Waals surface area contributed by atoms with Crippen molar-refractivity contribution >= 4 is 34.9 Å². The van der Waals surface area contributed by atoms with Crippen molar-refractivity contribution < 1.29 is 0 Å². The maximum absolute atomic E-state index is 6.34. The topological polar surface area (TPSA) is 20.7 Å². The van der Waals surface area contributed by atoms with Gasteiger partial charge < -0.3 is 9.55 Å². The number of nitrogens with zero attached hydrogens (tertiary/aromatic N) is 1. The summed E-state index contributed by atoms with van der Waals surface area (Å²) in [5, 5.41) is 0.763. The summed E-state index contributed by atoms with van der Waals surface area (Å²) < 4.78 is 2.91. The first-order valence-corrected chi connectivity index (χ1v) is 8.10. The number of para-hydroxylation sites is 1. The van der Waals surface area contributed by atoms with Gasteiger partial charge in [0, 0.05) is 6.54 Å². The third-order valence-corrected chi connectivity index (χ3v) is 4.41. The van der Waals surface area contributed by atoms with Gasteiger partial charge >= 0.3 is 0 Å². The first-order valence-electron chi connectivity index (χ1n) is 7.31. The number of aromatic amines is 1. The summed E-state index contributed by atoms with van der Waals surface area (Å²) in [6, 6.07) is 5.90. The zero-order chi connectivity index (χ0) is 14.8. The summed E-state index contributed by atoms with van der Waals surface area (Å²) in [6.45, 7) is 7.75. The molecule has 0 aliphatic heterocycles. The summed E-state index contributed by atoms with van der Waals surface area (Å²) in [4.78, 5) is 3.25. The first-order chi connectivity index (χ1) is 9.44. The monoisotopic (exact) mass is 310 g/mol. The summed E-state index contributed by atoms with van der Waals surface area (Å²) in [5.41, 5.74) is 2.27. The number of hydrogen-bond donors (Lipinski definition) is 1. The summed E-state index contributed by atoms with van der Waals surface area (Å²) in [7, 11) is 0. The molecule has 0 bridgehead atoms. The molecule has 0 saturated heterocycles. The molecule has 0 atom stereocenters. The highest BCUT2D eigenvalue weighted by Crippen LogP contribution is 2.30. The van der Waals surface area contributed by atoms with Gasteiger partial charge in [0.2, 0.25) is 0 Å². The highest BCUT2D eigenvalue weighted by Gasteiger charge is 2.20. The lowest BCUT2D eigenvalue weighted by molar-refractivity contribution is 0.273. The third-order valence-electron chi connectivity index (χ3n) is 3.79. The fourth-order valence-corrected chi connectivity index (χ4v) is 3.23. The van der Waals surface area contributed by atoms with Crippen LogP contribution in [0.25, 0.3) is 11.0 Å². The van der Waals surface area contributed by atoms with Gasteiger partial charge in [-0.1, -0.05) is 57.7 Å². The predicted molar refractivity (Wildman–Crippen MR) is 90.1 cm³/mol. The van der Waals surface area contributed by atoms with Crippen molar-refractivity contribution in [3.8, 4) is 0 Å². The van der Waals surface area contributed by atoms with Crippen molar-refractivity contribution in [2.75, 3.05) is 0 Å². The SMILES string of the molecule is CCCCCC(C)(C)Cn1c(=S)[nH]c2cccc(Cl)c21. The molecule has 0 unspecified atom stereocenters. The van der Waals surface area contributed by atoms with Crippen molar-refractivity contribution in [3.63, 3.8) is 0 Å². The quantitative estimate of drug-likeness (QED) is 0.516. The molecule has 0 saturated carbocycles. The number of nitrogens with one attached hydrogen (secondary N) is 1.